The molecular formula is C24H19FN2O3. The van der Waals surface area contributed by atoms with Gasteiger partial charge in [-0.1, -0.05) is 54.6 Å². The summed E-state index contributed by atoms with van der Waals surface area (Å²) < 4.78 is 13.4. The lowest BCUT2D eigenvalue weighted by molar-refractivity contribution is -0.124. The first-order chi connectivity index (χ1) is 14.5. The van der Waals surface area contributed by atoms with Crippen LogP contribution in [0.25, 0.3) is 17.7 Å². The molecule has 0 aliphatic rings. The number of amides is 2. The number of nitrogens with one attached hydrogen (secondary N) is 2. The summed E-state index contributed by atoms with van der Waals surface area (Å²) in [7, 11) is 0. The molecule has 0 radical (unpaired) electrons. The Balaban J connectivity index is 1.90. The Morgan fingerprint density at radius 2 is 1.47 bits per heavy atom. The van der Waals surface area contributed by atoms with Crippen molar-refractivity contribution in [1.29, 1.82) is 0 Å². The molecule has 0 saturated carbocycles. The van der Waals surface area contributed by atoms with Crippen LogP contribution in [-0.4, -0.2) is 17.0 Å². The fraction of sp³-hybridized carbons (Fsp3) is 0. The molecule has 2 amide bonds. The van der Waals surface area contributed by atoms with Crippen LogP contribution >= 0.6 is 0 Å². The molecule has 0 fully saturated rings. The summed E-state index contributed by atoms with van der Waals surface area (Å²) in [6.45, 7) is 0. The van der Waals surface area contributed by atoms with E-state index < -0.39 is 5.91 Å². The van der Waals surface area contributed by atoms with Crippen molar-refractivity contribution in [3.05, 3.63) is 107 Å². The Morgan fingerprint density at radius 1 is 0.833 bits per heavy atom. The van der Waals surface area contributed by atoms with Gasteiger partial charge in [0.1, 0.15) is 5.82 Å². The summed E-state index contributed by atoms with van der Waals surface area (Å²) in [5.74, 6) is -1.34. The summed E-state index contributed by atoms with van der Waals surface area (Å²) in [5, 5.41) is 11.4. The second kappa shape index (κ2) is 9.95. The van der Waals surface area contributed by atoms with Gasteiger partial charge in [0.2, 0.25) is 0 Å². The zero-order valence-corrected chi connectivity index (χ0v) is 15.9. The van der Waals surface area contributed by atoms with Crippen LogP contribution < -0.4 is 10.8 Å². The monoisotopic (exact) mass is 402 g/mol. The second-order valence-corrected chi connectivity index (χ2v) is 6.36. The second-order valence-electron chi connectivity index (χ2n) is 6.36. The van der Waals surface area contributed by atoms with E-state index in [-0.39, 0.29) is 11.7 Å². The smallest absolute Gasteiger partial charge is 0.267 e. The van der Waals surface area contributed by atoms with Gasteiger partial charge in [0.25, 0.3) is 11.8 Å². The van der Waals surface area contributed by atoms with Crippen molar-refractivity contribution in [2.75, 3.05) is 5.32 Å². The highest BCUT2D eigenvalue weighted by Gasteiger charge is 2.13. The van der Waals surface area contributed by atoms with Gasteiger partial charge in [0.05, 0.1) is 0 Å². The Hall–Kier alpha value is -4.03. The van der Waals surface area contributed by atoms with Crippen molar-refractivity contribution in [2.45, 2.75) is 0 Å². The van der Waals surface area contributed by atoms with Gasteiger partial charge in [-0.25, -0.2) is 9.87 Å². The van der Waals surface area contributed by atoms with Crippen LogP contribution in [0.4, 0.5) is 10.1 Å². The van der Waals surface area contributed by atoms with E-state index in [1.165, 1.54) is 23.7 Å². The Bertz CT molecular complexity index is 1070. The molecule has 0 heterocycles. The fourth-order valence-corrected chi connectivity index (χ4v) is 2.71. The summed E-state index contributed by atoms with van der Waals surface area (Å²) in [5.41, 5.74) is 4.62. The molecule has 0 atom stereocenters. The average Bonchev–Trinajstić information content (AvgIpc) is 2.78. The van der Waals surface area contributed by atoms with Crippen LogP contribution in [0, 0.1) is 5.82 Å². The number of halogens is 1. The SMILES string of the molecule is O=C(/C=C/c1ccc(/C=C(/C(=O)Nc2ccccc2)c2ccc(F)cc2)cc1)NO. The number of para-hydroxylation sites is 1. The summed E-state index contributed by atoms with van der Waals surface area (Å²) in [6, 6.07) is 21.9. The first kappa shape index (κ1) is 20.7. The molecule has 5 nitrogen and oxygen atoms in total. The largest absolute Gasteiger partial charge is 0.322 e. The van der Waals surface area contributed by atoms with E-state index in [9.17, 15) is 14.0 Å². The van der Waals surface area contributed by atoms with Gasteiger partial charge in [-0.3, -0.25) is 14.8 Å². The third-order valence-electron chi connectivity index (χ3n) is 4.22. The number of carbonyl (C=O) groups is 2. The predicted molar refractivity (Wildman–Crippen MR) is 115 cm³/mol. The third kappa shape index (κ3) is 5.73. The summed E-state index contributed by atoms with van der Waals surface area (Å²) in [6.07, 6.45) is 4.45. The van der Waals surface area contributed by atoms with Gasteiger partial charge in [0.15, 0.2) is 0 Å². The van der Waals surface area contributed by atoms with E-state index in [1.807, 2.05) is 18.2 Å². The van der Waals surface area contributed by atoms with Crippen LogP contribution in [0.5, 0.6) is 0 Å². The molecule has 0 aromatic heterocycles. The molecule has 0 aliphatic heterocycles. The lowest BCUT2D eigenvalue weighted by Gasteiger charge is -2.10. The van der Waals surface area contributed by atoms with Gasteiger partial charge < -0.3 is 5.32 Å². The molecular weight excluding hydrogens is 383 g/mol. The predicted octanol–water partition coefficient (Wildman–Crippen LogP) is 4.52. The van der Waals surface area contributed by atoms with E-state index in [4.69, 9.17) is 5.21 Å². The topological polar surface area (TPSA) is 78.4 Å². The highest BCUT2D eigenvalue weighted by Crippen LogP contribution is 2.22. The van der Waals surface area contributed by atoms with Crippen LogP contribution in [0.3, 0.4) is 0 Å². The van der Waals surface area contributed by atoms with Gasteiger partial charge in [-0.2, -0.15) is 0 Å². The number of hydroxylamine groups is 1. The van der Waals surface area contributed by atoms with Crippen molar-refractivity contribution in [3.63, 3.8) is 0 Å². The molecule has 0 unspecified atom stereocenters. The number of carbonyl (C=O) groups excluding carboxylic acids is 2. The average molecular weight is 402 g/mol. The molecule has 30 heavy (non-hydrogen) atoms. The maximum atomic E-state index is 13.4. The molecule has 0 aliphatic carbocycles. The van der Waals surface area contributed by atoms with E-state index >= 15 is 0 Å². The van der Waals surface area contributed by atoms with Crippen molar-refractivity contribution in [3.8, 4) is 0 Å². The van der Waals surface area contributed by atoms with E-state index in [2.05, 4.69) is 5.32 Å². The number of benzene rings is 3. The van der Waals surface area contributed by atoms with E-state index in [1.54, 1.807) is 60.7 Å². The number of hydrogen-bond acceptors (Lipinski definition) is 3. The summed E-state index contributed by atoms with van der Waals surface area (Å²) in [4.78, 5) is 24.0. The zero-order valence-electron chi connectivity index (χ0n) is 15.9. The van der Waals surface area contributed by atoms with Crippen LogP contribution in [0.2, 0.25) is 0 Å². The van der Waals surface area contributed by atoms with Crippen LogP contribution in [0.1, 0.15) is 16.7 Å². The lowest BCUT2D eigenvalue weighted by atomic mass is 10.0. The van der Waals surface area contributed by atoms with Gasteiger partial charge in [-0.15, -0.1) is 0 Å². The Labute approximate surface area is 173 Å². The molecule has 0 spiro atoms. The summed E-state index contributed by atoms with van der Waals surface area (Å²) >= 11 is 0. The molecule has 3 rings (SSSR count). The number of rotatable bonds is 6. The maximum Gasteiger partial charge on any atom is 0.267 e. The normalized spacial score (nSPS) is 11.3. The van der Waals surface area contributed by atoms with Crippen molar-refractivity contribution in [1.82, 2.24) is 5.48 Å². The highest BCUT2D eigenvalue weighted by molar-refractivity contribution is 6.29. The third-order valence-corrected chi connectivity index (χ3v) is 4.22. The molecule has 150 valence electrons. The van der Waals surface area contributed by atoms with Gasteiger partial charge in [-0.05, 0) is 53.1 Å². The van der Waals surface area contributed by atoms with Crippen molar-refractivity contribution < 1.29 is 19.2 Å². The van der Waals surface area contributed by atoms with Gasteiger partial charge in [0, 0.05) is 17.3 Å². The first-order valence-electron chi connectivity index (χ1n) is 9.11. The minimum absolute atomic E-state index is 0.323. The standard InChI is InChI=1S/C24H19FN2O3/c25-20-13-11-19(12-14-20)22(24(29)26-21-4-2-1-3-5-21)16-18-8-6-17(7-9-18)10-15-23(28)27-30/h1-16,30H,(H,26,29)(H,27,28)/b15-10+,22-16+. The van der Waals surface area contributed by atoms with Crippen LogP contribution in [-0.2, 0) is 9.59 Å². The minimum Gasteiger partial charge on any atom is -0.322 e. The van der Waals surface area contributed by atoms with E-state index in [0.29, 0.717) is 16.8 Å². The van der Waals surface area contributed by atoms with E-state index in [0.717, 1.165) is 11.1 Å². The lowest BCUT2D eigenvalue weighted by Crippen LogP contribution is -2.14. The van der Waals surface area contributed by atoms with Crippen molar-refractivity contribution in [2.24, 2.45) is 0 Å². The molecule has 6 heteroatoms. The zero-order chi connectivity index (χ0) is 21.3. The Kier molecular flexibility index (Phi) is 6.87. The molecule has 3 N–H and O–H groups in total. The van der Waals surface area contributed by atoms with Crippen LogP contribution in [0.15, 0.2) is 84.9 Å². The maximum absolute atomic E-state index is 13.4. The first-order valence-corrected chi connectivity index (χ1v) is 9.11. The Morgan fingerprint density at radius 3 is 2.10 bits per heavy atom. The quantitative estimate of drug-likeness (QED) is 0.245. The molecule has 3 aromatic carbocycles. The molecule has 3 aromatic rings. The minimum atomic E-state index is -0.629. The van der Waals surface area contributed by atoms with Crippen molar-refractivity contribution >= 4 is 35.2 Å². The number of anilines is 1. The number of hydrogen-bond donors (Lipinski definition) is 3. The van der Waals surface area contributed by atoms with Gasteiger partial charge >= 0.3 is 0 Å². The molecule has 0 saturated heterocycles. The fourth-order valence-electron chi connectivity index (χ4n) is 2.71. The highest BCUT2D eigenvalue weighted by atomic mass is 19.1. The molecule has 0 bridgehead atoms.